The van der Waals surface area contributed by atoms with Gasteiger partial charge in [0.15, 0.2) is 0 Å². The molecular weight excluding hydrogens is 387 g/mol. The Morgan fingerprint density at radius 2 is 1.89 bits per heavy atom. The maximum Gasteiger partial charge on any atom is 0.272 e. The monoisotopic (exact) mass is 408 g/mol. The number of nitrogens with zero attached hydrogens (tertiary/aromatic N) is 2. The van der Waals surface area contributed by atoms with Crippen LogP contribution in [0.25, 0.3) is 16.5 Å². The molecule has 3 rings (SSSR count). The highest BCUT2D eigenvalue weighted by Gasteiger charge is 2.37. The van der Waals surface area contributed by atoms with Gasteiger partial charge in [-0.3, -0.25) is 14.5 Å². The standard InChI is InChI=1S/C19H22ClFN2O3Si/c1-22-18(24)16(17(20)19(22)25)14-10-23(11-26-7-8-27(2,3)4)15-6-5-12(21)9-13(14)15/h5-6,9-10H,7-8,11H2,1-4H3. The van der Waals surface area contributed by atoms with E-state index in [0.29, 0.717) is 23.1 Å². The number of hydrogen-bond donors (Lipinski definition) is 0. The number of carbonyl (C=O) groups is 2. The lowest BCUT2D eigenvalue weighted by molar-refractivity contribution is -0.134. The molecule has 1 aliphatic rings. The molecule has 1 aromatic heterocycles. The molecule has 1 aromatic carbocycles. The summed E-state index contributed by atoms with van der Waals surface area (Å²) >= 11 is 6.12. The fraction of sp³-hybridized carbons (Fsp3) is 0.368. The van der Waals surface area contributed by atoms with Crippen molar-refractivity contribution in [3.05, 3.63) is 40.8 Å². The first kappa shape index (κ1) is 19.8. The van der Waals surface area contributed by atoms with Crippen molar-refractivity contribution in [1.82, 2.24) is 9.47 Å². The van der Waals surface area contributed by atoms with Crippen molar-refractivity contribution >= 4 is 48.0 Å². The fourth-order valence-corrected chi connectivity index (χ4v) is 4.02. The van der Waals surface area contributed by atoms with E-state index in [9.17, 15) is 14.0 Å². The third-order valence-electron chi connectivity index (χ3n) is 4.57. The lowest BCUT2D eigenvalue weighted by Crippen LogP contribution is -2.26. The average Bonchev–Trinajstić information content (AvgIpc) is 3.02. The van der Waals surface area contributed by atoms with Crippen LogP contribution < -0.4 is 0 Å². The van der Waals surface area contributed by atoms with E-state index in [1.54, 1.807) is 12.3 Å². The summed E-state index contributed by atoms with van der Waals surface area (Å²) in [5.74, 6) is -1.48. The summed E-state index contributed by atoms with van der Waals surface area (Å²) in [6.07, 6.45) is 1.70. The Kier molecular flexibility index (Phi) is 5.29. The third kappa shape index (κ3) is 3.85. The predicted molar refractivity (Wildman–Crippen MR) is 107 cm³/mol. The molecule has 2 amide bonds. The van der Waals surface area contributed by atoms with Crippen LogP contribution in [0.5, 0.6) is 0 Å². The van der Waals surface area contributed by atoms with Crippen LogP contribution in [0.1, 0.15) is 5.56 Å². The molecule has 1 aliphatic heterocycles. The SMILES string of the molecule is CN1C(=O)C(Cl)=C(c2cn(COCC[Si](C)(C)C)c3ccc(F)cc23)C1=O. The lowest BCUT2D eigenvalue weighted by Gasteiger charge is -2.15. The molecule has 5 nitrogen and oxygen atoms in total. The number of aromatic nitrogens is 1. The van der Waals surface area contributed by atoms with E-state index in [-0.39, 0.29) is 17.3 Å². The zero-order valence-corrected chi connectivity index (χ0v) is 17.6. The molecule has 0 radical (unpaired) electrons. The van der Waals surface area contributed by atoms with Crippen LogP contribution in [-0.2, 0) is 21.1 Å². The fourth-order valence-electron chi connectivity index (χ4n) is 2.96. The normalized spacial score (nSPS) is 15.6. The summed E-state index contributed by atoms with van der Waals surface area (Å²) in [5.41, 5.74) is 1.25. The van der Waals surface area contributed by atoms with E-state index in [1.807, 2.05) is 4.57 Å². The van der Waals surface area contributed by atoms with Crippen LogP contribution in [0.15, 0.2) is 29.4 Å². The number of amides is 2. The summed E-state index contributed by atoms with van der Waals surface area (Å²) < 4.78 is 21.5. The molecule has 0 saturated heterocycles. The van der Waals surface area contributed by atoms with Crippen LogP contribution in [0.3, 0.4) is 0 Å². The minimum absolute atomic E-state index is 0.0978. The molecule has 0 fully saturated rings. The number of carbonyl (C=O) groups excluding carboxylic acids is 2. The van der Waals surface area contributed by atoms with Gasteiger partial charge in [0.1, 0.15) is 17.6 Å². The quantitative estimate of drug-likeness (QED) is 0.411. The van der Waals surface area contributed by atoms with Gasteiger partial charge in [-0.1, -0.05) is 31.2 Å². The first-order valence-electron chi connectivity index (χ1n) is 8.69. The van der Waals surface area contributed by atoms with Crippen LogP contribution >= 0.6 is 11.6 Å². The lowest BCUT2D eigenvalue weighted by atomic mass is 10.1. The van der Waals surface area contributed by atoms with E-state index in [2.05, 4.69) is 19.6 Å². The number of rotatable bonds is 6. The van der Waals surface area contributed by atoms with Crippen molar-refractivity contribution in [2.75, 3.05) is 13.7 Å². The summed E-state index contributed by atoms with van der Waals surface area (Å²) in [7, 11) is 0.172. The number of hydrogen-bond acceptors (Lipinski definition) is 3. The van der Waals surface area contributed by atoms with E-state index >= 15 is 0 Å². The van der Waals surface area contributed by atoms with Gasteiger partial charge in [-0.25, -0.2) is 4.39 Å². The maximum absolute atomic E-state index is 13.9. The molecule has 0 aliphatic carbocycles. The number of benzene rings is 1. The van der Waals surface area contributed by atoms with Gasteiger partial charge in [-0.2, -0.15) is 0 Å². The molecule has 0 saturated carbocycles. The minimum atomic E-state index is -1.20. The zero-order valence-electron chi connectivity index (χ0n) is 15.8. The summed E-state index contributed by atoms with van der Waals surface area (Å²) in [4.78, 5) is 25.5. The Morgan fingerprint density at radius 1 is 1.19 bits per heavy atom. The molecule has 0 bridgehead atoms. The van der Waals surface area contributed by atoms with Gasteiger partial charge in [-0.05, 0) is 24.2 Å². The number of ether oxygens (including phenoxy) is 1. The Labute approximate surface area is 163 Å². The topological polar surface area (TPSA) is 51.5 Å². The highest BCUT2D eigenvalue weighted by atomic mass is 35.5. The molecule has 144 valence electrons. The number of imide groups is 1. The van der Waals surface area contributed by atoms with Gasteiger partial charge >= 0.3 is 0 Å². The summed E-state index contributed by atoms with van der Waals surface area (Å²) in [6, 6.07) is 5.36. The summed E-state index contributed by atoms with van der Waals surface area (Å²) in [5, 5.41) is 0.374. The zero-order chi connectivity index (χ0) is 19.9. The molecule has 27 heavy (non-hydrogen) atoms. The average molecular weight is 409 g/mol. The van der Waals surface area contributed by atoms with Crippen molar-refractivity contribution < 1.29 is 18.7 Å². The molecule has 0 unspecified atom stereocenters. The highest BCUT2D eigenvalue weighted by Crippen LogP contribution is 2.36. The summed E-state index contributed by atoms with van der Waals surface area (Å²) in [6.45, 7) is 7.73. The predicted octanol–water partition coefficient (Wildman–Crippen LogP) is 4.04. The molecule has 8 heteroatoms. The Morgan fingerprint density at radius 3 is 2.48 bits per heavy atom. The van der Waals surface area contributed by atoms with Crippen molar-refractivity contribution in [2.45, 2.75) is 32.4 Å². The first-order valence-corrected chi connectivity index (χ1v) is 12.8. The minimum Gasteiger partial charge on any atom is -0.361 e. The number of likely N-dealkylation sites (N-methyl/N-ethyl adjacent to an activating group) is 1. The second kappa shape index (κ2) is 7.22. The van der Waals surface area contributed by atoms with Gasteiger partial charge in [0, 0.05) is 38.9 Å². The largest absolute Gasteiger partial charge is 0.361 e. The van der Waals surface area contributed by atoms with Crippen LogP contribution in [-0.4, -0.2) is 43.0 Å². The van der Waals surface area contributed by atoms with Gasteiger partial charge < -0.3 is 9.30 Å². The van der Waals surface area contributed by atoms with Crippen LogP contribution in [0.4, 0.5) is 4.39 Å². The van der Waals surface area contributed by atoms with Crippen molar-refractivity contribution in [2.24, 2.45) is 0 Å². The molecule has 0 N–H and O–H groups in total. The van der Waals surface area contributed by atoms with Crippen molar-refractivity contribution in [1.29, 1.82) is 0 Å². The molecule has 2 aromatic rings. The van der Waals surface area contributed by atoms with E-state index in [1.165, 1.54) is 19.2 Å². The van der Waals surface area contributed by atoms with Crippen molar-refractivity contribution in [3.8, 4) is 0 Å². The Bertz CT molecular complexity index is 962. The van der Waals surface area contributed by atoms with Gasteiger partial charge in [0.25, 0.3) is 11.8 Å². The first-order chi connectivity index (χ1) is 12.6. The Hall–Kier alpha value is -1.96. The smallest absolute Gasteiger partial charge is 0.272 e. The van der Waals surface area contributed by atoms with Crippen LogP contribution in [0, 0.1) is 5.82 Å². The molecule has 0 spiro atoms. The number of fused-ring (bicyclic) bond motifs is 1. The molecule has 0 atom stereocenters. The van der Waals surface area contributed by atoms with E-state index in [0.717, 1.165) is 10.9 Å². The molecular formula is C19H22ClFN2O3Si. The van der Waals surface area contributed by atoms with E-state index < -0.39 is 25.7 Å². The van der Waals surface area contributed by atoms with E-state index in [4.69, 9.17) is 16.3 Å². The van der Waals surface area contributed by atoms with Gasteiger partial charge in [0.05, 0.1) is 11.1 Å². The number of halogens is 2. The van der Waals surface area contributed by atoms with Gasteiger partial charge in [0.2, 0.25) is 0 Å². The van der Waals surface area contributed by atoms with Gasteiger partial charge in [-0.15, -0.1) is 0 Å². The second-order valence-corrected chi connectivity index (χ2v) is 13.9. The highest BCUT2D eigenvalue weighted by molar-refractivity contribution is 6.76. The third-order valence-corrected chi connectivity index (χ3v) is 6.62. The Balaban J connectivity index is 1.99. The molecule has 2 heterocycles. The van der Waals surface area contributed by atoms with Crippen molar-refractivity contribution in [3.63, 3.8) is 0 Å². The maximum atomic E-state index is 13.9. The second-order valence-electron chi connectivity index (χ2n) is 7.88. The van der Waals surface area contributed by atoms with Crippen LogP contribution in [0.2, 0.25) is 25.7 Å².